The lowest BCUT2D eigenvalue weighted by molar-refractivity contribution is 1.06. The van der Waals surface area contributed by atoms with Crippen LogP contribution in [0, 0.1) is 20.8 Å². The van der Waals surface area contributed by atoms with Gasteiger partial charge in [0.2, 0.25) is 0 Å². The van der Waals surface area contributed by atoms with E-state index in [1.807, 2.05) is 14.0 Å². The molecule has 0 radical (unpaired) electrons. The first-order chi connectivity index (χ1) is 10.1. The molecule has 0 saturated heterocycles. The zero-order valence-electron chi connectivity index (χ0n) is 12.2. The first-order valence-corrected chi connectivity index (χ1v) is 9.03. The van der Waals surface area contributed by atoms with E-state index >= 15 is 0 Å². The molecule has 0 aliphatic rings. The minimum absolute atomic E-state index is 0.704. The summed E-state index contributed by atoms with van der Waals surface area (Å²) in [5.74, 6) is 3.26. The highest BCUT2D eigenvalue weighted by atomic mass is 32.2. The molecular formula is C13H15N5S3. The van der Waals surface area contributed by atoms with Crippen molar-refractivity contribution < 1.29 is 0 Å². The third kappa shape index (κ3) is 2.88. The number of aromatic nitrogens is 4. The molecule has 0 aliphatic carbocycles. The monoisotopic (exact) mass is 337 g/mol. The van der Waals surface area contributed by atoms with Crippen LogP contribution >= 0.6 is 34.6 Å². The van der Waals surface area contributed by atoms with Crippen molar-refractivity contribution in [2.75, 3.05) is 12.4 Å². The summed E-state index contributed by atoms with van der Waals surface area (Å²) in [6, 6.07) is 0. The van der Waals surface area contributed by atoms with E-state index in [0.29, 0.717) is 5.75 Å². The Morgan fingerprint density at radius 3 is 2.62 bits per heavy atom. The van der Waals surface area contributed by atoms with Crippen molar-refractivity contribution in [1.82, 2.24) is 19.3 Å². The van der Waals surface area contributed by atoms with Crippen molar-refractivity contribution in [3.05, 3.63) is 22.1 Å². The minimum Gasteiger partial charge on any atom is -0.372 e. The van der Waals surface area contributed by atoms with E-state index in [-0.39, 0.29) is 0 Å². The standard InChI is InChI=1S/C13H15N5S3/c1-6-7(2)20-12-10(6)11(14-4)16-9(17-12)5-19-13-15-8(3)18-21-13/h5H2,1-4H3,(H,14,16,17). The van der Waals surface area contributed by atoms with Crippen LogP contribution in [0.15, 0.2) is 4.34 Å². The lowest BCUT2D eigenvalue weighted by Gasteiger charge is -2.05. The van der Waals surface area contributed by atoms with E-state index in [2.05, 4.69) is 33.5 Å². The van der Waals surface area contributed by atoms with Crippen molar-refractivity contribution >= 4 is 50.7 Å². The number of anilines is 1. The third-order valence-electron chi connectivity index (χ3n) is 3.15. The minimum atomic E-state index is 0.704. The first kappa shape index (κ1) is 14.7. The van der Waals surface area contributed by atoms with Gasteiger partial charge in [-0.05, 0) is 37.9 Å². The Hall–Kier alpha value is -1.25. The highest BCUT2D eigenvalue weighted by molar-refractivity contribution is 8.00. The second kappa shape index (κ2) is 5.86. The molecule has 0 fully saturated rings. The van der Waals surface area contributed by atoms with E-state index in [1.54, 1.807) is 23.1 Å². The van der Waals surface area contributed by atoms with E-state index in [0.717, 1.165) is 32.0 Å². The van der Waals surface area contributed by atoms with Gasteiger partial charge in [-0.3, -0.25) is 0 Å². The third-order valence-corrected chi connectivity index (χ3v) is 6.17. The second-order valence-electron chi connectivity index (χ2n) is 4.60. The number of hydrogen-bond donors (Lipinski definition) is 1. The van der Waals surface area contributed by atoms with Gasteiger partial charge in [0.25, 0.3) is 0 Å². The summed E-state index contributed by atoms with van der Waals surface area (Å²) in [5, 5.41) is 4.33. The maximum absolute atomic E-state index is 4.69. The molecule has 0 amide bonds. The molecule has 0 spiro atoms. The summed E-state index contributed by atoms with van der Waals surface area (Å²) in [6.07, 6.45) is 0. The summed E-state index contributed by atoms with van der Waals surface area (Å²) in [7, 11) is 1.90. The van der Waals surface area contributed by atoms with Crippen molar-refractivity contribution in [2.45, 2.75) is 30.9 Å². The van der Waals surface area contributed by atoms with Crippen molar-refractivity contribution in [3.63, 3.8) is 0 Å². The Balaban J connectivity index is 1.92. The van der Waals surface area contributed by atoms with Gasteiger partial charge >= 0.3 is 0 Å². The van der Waals surface area contributed by atoms with Gasteiger partial charge < -0.3 is 5.32 Å². The average Bonchev–Trinajstić information content (AvgIpc) is 3.00. The van der Waals surface area contributed by atoms with Crippen LogP contribution in [0.5, 0.6) is 0 Å². The Bertz CT molecular complexity index is 793. The topological polar surface area (TPSA) is 63.6 Å². The number of nitrogens with zero attached hydrogens (tertiary/aromatic N) is 4. The maximum atomic E-state index is 4.69. The smallest absolute Gasteiger partial charge is 0.170 e. The number of nitrogens with one attached hydrogen (secondary N) is 1. The Labute approximate surface area is 135 Å². The van der Waals surface area contributed by atoms with Crippen LogP contribution in [0.1, 0.15) is 22.1 Å². The molecule has 0 saturated carbocycles. The van der Waals surface area contributed by atoms with Crippen LogP contribution in [-0.2, 0) is 5.75 Å². The zero-order chi connectivity index (χ0) is 15.0. The molecule has 0 aromatic carbocycles. The maximum Gasteiger partial charge on any atom is 0.170 e. The van der Waals surface area contributed by atoms with Gasteiger partial charge in [0.05, 0.1) is 11.1 Å². The van der Waals surface area contributed by atoms with Gasteiger partial charge in [0.15, 0.2) is 4.34 Å². The van der Waals surface area contributed by atoms with E-state index < -0.39 is 0 Å². The fourth-order valence-electron chi connectivity index (χ4n) is 2.00. The molecule has 1 N–H and O–H groups in total. The number of rotatable bonds is 4. The molecular weight excluding hydrogens is 322 g/mol. The predicted molar refractivity (Wildman–Crippen MR) is 90.6 cm³/mol. The molecule has 3 heterocycles. The van der Waals surface area contributed by atoms with E-state index in [1.165, 1.54) is 22.0 Å². The Morgan fingerprint density at radius 1 is 1.14 bits per heavy atom. The number of fused-ring (bicyclic) bond motifs is 1. The molecule has 3 rings (SSSR count). The fraction of sp³-hybridized carbons (Fsp3) is 0.385. The Morgan fingerprint density at radius 2 is 1.95 bits per heavy atom. The fourth-order valence-corrected chi connectivity index (χ4v) is 4.55. The quantitative estimate of drug-likeness (QED) is 0.731. The highest BCUT2D eigenvalue weighted by Gasteiger charge is 2.14. The molecule has 3 aromatic heterocycles. The van der Waals surface area contributed by atoms with Gasteiger partial charge in [-0.1, -0.05) is 11.8 Å². The second-order valence-corrected chi connectivity index (χ2v) is 7.78. The molecule has 0 aliphatic heterocycles. The summed E-state index contributed by atoms with van der Waals surface area (Å²) in [6.45, 7) is 6.15. The Kier molecular flexibility index (Phi) is 4.10. The zero-order valence-corrected chi connectivity index (χ0v) is 14.7. The van der Waals surface area contributed by atoms with Gasteiger partial charge in [-0.25, -0.2) is 15.0 Å². The van der Waals surface area contributed by atoms with Gasteiger partial charge in [-0.2, -0.15) is 4.37 Å². The molecule has 21 heavy (non-hydrogen) atoms. The number of thioether (sulfide) groups is 1. The molecule has 0 bridgehead atoms. The SMILES string of the molecule is CNc1nc(CSc2nc(C)ns2)nc2sc(C)c(C)c12. The van der Waals surface area contributed by atoms with Crippen LogP contribution in [0.2, 0.25) is 0 Å². The van der Waals surface area contributed by atoms with Crippen molar-refractivity contribution in [1.29, 1.82) is 0 Å². The van der Waals surface area contributed by atoms with Crippen LogP contribution in [0.4, 0.5) is 5.82 Å². The van der Waals surface area contributed by atoms with Crippen LogP contribution in [0.25, 0.3) is 10.2 Å². The van der Waals surface area contributed by atoms with Crippen LogP contribution in [0.3, 0.4) is 0 Å². The summed E-state index contributed by atoms with van der Waals surface area (Å²) < 4.78 is 5.15. The largest absolute Gasteiger partial charge is 0.372 e. The normalized spacial score (nSPS) is 11.2. The lowest BCUT2D eigenvalue weighted by Crippen LogP contribution is -2.00. The average molecular weight is 337 g/mol. The van der Waals surface area contributed by atoms with Gasteiger partial charge in [0, 0.05) is 11.9 Å². The number of hydrogen-bond acceptors (Lipinski definition) is 8. The van der Waals surface area contributed by atoms with E-state index in [9.17, 15) is 0 Å². The highest BCUT2D eigenvalue weighted by Crippen LogP contribution is 2.34. The van der Waals surface area contributed by atoms with Crippen molar-refractivity contribution in [2.24, 2.45) is 0 Å². The van der Waals surface area contributed by atoms with Crippen LogP contribution < -0.4 is 5.32 Å². The van der Waals surface area contributed by atoms with Gasteiger partial charge in [-0.15, -0.1) is 11.3 Å². The lowest BCUT2D eigenvalue weighted by atomic mass is 10.2. The van der Waals surface area contributed by atoms with E-state index in [4.69, 9.17) is 4.98 Å². The summed E-state index contributed by atoms with van der Waals surface area (Å²) in [4.78, 5) is 16.0. The molecule has 3 aromatic rings. The summed E-state index contributed by atoms with van der Waals surface area (Å²) >= 11 is 4.77. The molecule has 8 heteroatoms. The molecule has 110 valence electrons. The summed E-state index contributed by atoms with van der Waals surface area (Å²) in [5.41, 5.74) is 1.26. The van der Waals surface area contributed by atoms with Crippen LogP contribution in [-0.4, -0.2) is 26.4 Å². The number of thiophene rings is 1. The molecule has 5 nitrogen and oxygen atoms in total. The first-order valence-electron chi connectivity index (χ1n) is 6.46. The molecule has 0 atom stereocenters. The predicted octanol–water partition coefficient (Wildman–Crippen LogP) is 3.80. The molecule has 0 unspecified atom stereocenters. The number of aryl methyl sites for hydroxylation is 3. The van der Waals surface area contributed by atoms with Gasteiger partial charge in [0.1, 0.15) is 22.3 Å². The van der Waals surface area contributed by atoms with Crippen molar-refractivity contribution in [3.8, 4) is 0 Å².